The fraction of sp³-hybridized carbons (Fsp3) is 0.467. The SMILES string of the molecule is C=C1[C@@H](OCc2ccccc2)[C@@H](OC)O[C@H](CO)[C@H]1O. The van der Waals surface area contributed by atoms with Crippen LogP contribution in [0.1, 0.15) is 5.56 Å². The molecule has 4 atom stereocenters. The van der Waals surface area contributed by atoms with Crippen LogP contribution in [0.2, 0.25) is 0 Å². The van der Waals surface area contributed by atoms with Crippen molar-refractivity contribution in [1.29, 1.82) is 0 Å². The van der Waals surface area contributed by atoms with Crippen LogP contribution in [0.25, 0.3) is 0 Å². The number of ether oxygens (including phenoxy) is 3. The van der Waals surface area contributed by atoms with Crippen molar-refractivity contribution in [3.8, 4) is 0 Å². The van der Waals surface area contributed by atoms with Gasteiger partial charge in [-0.3, -0.25) is 0 Å². The van der Waals surface area contributed by atoms with Gasteiger partial charge in [-0.2, -0.15) is 0 Å². The zero-order valence-electron chi connectivity index (χ0n) is 11.4. The molecule has 0 aromatic heterocycles. The topological polar surface area (TPSA) is 68.2 Å². The molecule has 2 rings (SSSR count). The van der Waals surface area contributed by atoms with E-state index in [0.29, 0.717) is 12.2 Å². The molecule has 0 saturated carbocycles. The first-order valence-corrected chi connectivity index (χ1v) is 6.48. The largest absolute Gasteiger partial charge is 0.394 e. The van der Waals surface area contributed by atoms with Crippen molar-refractivity contribution in [3.63, 3.8) is 0 Å². The molecule has 1 aliphatic heterocycles. The predicted molar refractivity (Wildman–Crippen MR) is 72.9 cm³/mol. The van der Waals surface area contributed by atoms with Crippen LogP contribution < -0.4 is 0 Å². The highest BCUT2D eigenvalue weighted by molar-refractivity contribution is 5.17. The minimum absolute atomic E-state index is 0.300. The summed E-state index contributed by atoms with van der Waals surface area (Å²) in [7, 11) is 1.49. The quantitative estimate of drug-likeness (QED) is 0.783. The summed E-state index contributed by atoms with van der Waals surface area (Å²) >= 11 is 0. The summed E-state index contributed by atoms with van der Waals surface area (Å²) in [6.45, 7) is 3.90. The van der Waals surface area contributed by atoms with Crippen LogP contribution in [0.5, 0.6) is 0 Å². The third kappa shape index (κ3) is 3.26. The maximum atomic E-state index is 10.00. The summed E-state index contributed by atoms with van der Waals surface area (Å²) in [5.74, 6) is 0. The molecule has 1 aromatic carbocycles. The Kier molecular flexibility index (Phi) is 5.28. The summed E-state index contributed by atoms with van der Waals surface area (Å²) in [4.78, 5) is 0. The Bertz CT molecular complexity index is 433. The van der Waals surface area contributed by atoms with Crippen molar-refractivity contribution < 1.29 is 24.4 Å². The third-order valence-electron chi connectivity index (χ3n) is 3.34. The summed E-state index contributed by atoms with van der Waals surface area (Å²) in [5, 5.41) is 19.2. The molecule has 0 amide bonds. The van der Waals surface area contributed by atoms with Crippen molar-refractivity contribution >= 4 is 0 Å². The van der Waals surface area contributed by atoms with Crippen LogP contribution in [0.4, 0.5) is 0 Å². The Morgan fingerprint density at radius 2 is 2.00 bits per heavy atom. The molecular weight excluding hydrogens is 260 g/mol. The zero-order valence-corrected chi connectivity index (χ0v) is 11.4. The second-order valence-electron chi connectivity index (χ2n) is 4.70. The number of methoxy groups -OCH3 is 1. The molecule has 0 unspecified atom stereocenters. The first-order chi connectivity index (χ1) is 9.67. The lowest BCUT2D eigenvalue weighted by molar-refractivity contribution is -0.251. The summed E-state index contributed by atoms with van der Waals surface area (Å²) in [6.07, 6.45) is -2.96. The van der Waals surface area contributed by atoms with Crippen molar-refractivity contribution in [2.24, 2.45) is 0 Å². The maximum absolute atomic E-state index is 10.00. The number of benzene rings is 1. The van der Waals surface area contributed by atoms with Gasteiger partial charge in [-0.05, 0) is 11.1 Å². The maximum Gasteiger partial charge on any atom is 0.187 e. The molecule has 0 aliphatic carbocycles. The minimum atomic E-state index is -0.966. The normalized spacial score (nSPS) is 30.4. The number of hydrogen-bond donors (Lipinski definition) is 2. The van der Waals surface area contributed by atoms with Gasteiger partial charge in [0.05, 0.1) is 13.2 Å². The van der Waals surface area contributed by atoms with Gasteiger partial charge in [0.1, 0.15) is 18.3 Å². The van der Waals surface area contributed by atoms with Crippen molar-refractivity contribution in [3.05, 3.63) is 48.0 Å². The molecule has 110 valence electrons. The Balaban J connectivity index is 2.03. The fourth-order valence-corrected chi connectivity index (χ4v) is 2.17. The number of rotatable bonds is 5. The summed E-state index contributed by atoms with van der Waals surface area (Å²) in [5.41, 5.74) is 1.46. The van der Waals surface area contributed by atoms with Gasteiger partial charge in [-0.15, -0.1) is 0 Å². The van der Waals surface area contributed by atoms with Crippen LogP contribution in [0.3, 0.4) is 0 Å². The molecule has 0 radical (unpaired) electrons. The van der Waals surface area contributed by atoms with Crippen molar-refractivity contribution in [2.45, 2.75) is 31.2 Å². The van der Waals surface area contributed by atoms with Crippen LogP contribution >= 0.6 is 0 Å². The zero-order chi connectivity index (χ0) is 14.5. The average molecular weight is 280 g/mol. The lowest BCUT2D eigenvalue weighted by Crippen LogP contribution is -2.51. The van der Waals surface area contributed by atoms with E-state index >= 15 is 0 Å². The Hall–Kier alpha value is -1.24. The standard InChI is InChI=1S/C15H20O5/c1-10-13(17)12(8-16)20-15(18-2)14(10)19-9-11-6-4-3-5-7-11/h3-7,12-17H,1,8-9H2,2H3/t12-,13+,14-,15+/m1/s1. The molecule has 0 spiro atoms. The van der Waals surface area contributed by atoms with Crippen molar-refractivity contribution in [2.75, 3.05) is 13.7 Å². The van der Waals surface area contributed by atoms with Crippen LogP contribution in [-0.4, -0.2) is 48.5 Å². The number of aliphatic hydroxyl groups excluding tert-OH is 2. The average Bonchev–Trinajstić information content (AvgIpc) is 2.49. The molecule has 1 heterocycles. The van der Waals surface area contributed by atoms with Crippen LogP contribution in [0.15, 0.2) is 42.5 Å². The van der Waals surface area contributed by atoms with Gasteiger partial charge >= 0.3 is 0 Å². The highest BCUT2D eigenvalue weighted by Gasteiger charge is 2.40. The Morgan fingerprint density at radius 3 is 2.60 bits per heavy atom. The lowest BCUT2D eigenvalue weighted by Gasteiger charge is -2.39. The smallest absolute Gasteiger partial charge is 0.187 e. The van der Waals surface area contributed by atoms with Crippen molar-refractivity contribution in [1.82, 2.24) is 0 Å². The molecular formula is C15H20O5. The molecule has 1 fully saturated rings. The summed E-state index contributed by atoms with van der Waals surface area (Å²) in [6, 6.07) is 9.67. The van der Waals surface area contributed by atoms with E-state index in [2.05, 4.69) is 6.58 Å². The highest BCUT2D eigenvalue weighted by Crippen LogP contribution is 2.27. The molecule has 5 nitrogen and oxygen atoms in total. The van der Waals surface area contributed by atoms with E-state index in [-0.39, 0.29) is 6.61 Å². The van der Waals surface area contributed by atoms with E-state index in [1.54, 1.807) is 0 Å². The Morgan fingerprint density at radius 1 is 1.30 bits per heavy atom. The molecule has 20 heavy (non-hydrogen) atoms. The van der Waals surface area contributed by atoms with Gasteiger partial charge in [0.2, 0.25) is 0 Å². The van der Waals surface area contributed by atoms with Gasteiger partial charge in [0, 0.05) is 7.11 Å². The van der Waals surface area contributed by atoms with Gasteiger partial charge in [-0.25, -0.2) is 0 Å². The first-order valence-electron chi connectivity index (χ1n) is 6.48. The van der Waals surface area contributed by atoms with Gasteiger partial charge < -0.3 is 24.4 Å². The highest BCUT2D eigenvalue weighted by atomic mass is 16.7. The monoisotopic (exact) mass is 280 g/mol. The van der Waals surface area contributed by atoms with Crippen LogP contribution in [0, 0.1) is 0 Å². The van der Waals surface area contributed by atoms with Crippen LogP contribution in [-0.2, 0) is 20.8 Å². The van der Waals surface area contributed by atoms with E-state index in [1.807, 2.05) is 30.3 Å². The second kappa shape index (κ2) is 6.97. The van der Waals surface area contributed by atoms with E-state index in [1.165, 1.54) is 7.11 Å². The summed E-state index contributed by atoms with van der Waals surface area (Å²) < 4.78 is 16.4. The van der Waals surface area contributed by atoms with E-state index in [0.717, 1.165) is 5.56 Å². The molecule has 5 heteroatoms. The van der Waals surface area contributed by atoms with Gasteiger partial charge in [-0.1, -0.05) is 36.9 Å². The molecule has 0 bridgehead atoms. The molecule has 1 aliphatic rings. The second-order valence-corrected chi connectivity index (χ2v) is 4.70. The first kappa shape index (κ1) is 15.2. The number of hydrogen-bond acceptors (Lipinski definition) is 5. The lowest BCUT2D eigenvalue weighted by atomic mass is 9.97. The van der Waals surface area contributed by atoms with Gasteiger partial charge in [0.15, 0.2) is 6.29 Å². The fourth-order valence-electron chi connectivity index (χ4n) is 2.17. The molecule has 2 N–H and O–H groups in total. The number of aliphatic hydroxyl groups is 2. The van der Waals surface area contributed by atoms with E-state index in [4.69, 9.17) is 19.3 Å². The molecule has 1 aromatic rings. The third-order valence-corrected chi connectivity index (χ3v) is 3.34. The predicted octanol–water partition coefficient (Wildman–Crippen LogP) is 0.852. The van der Waals surface area contributed by atoms with E-state index in [9.17, 15) is 5.11 Å². The molecule has 1 saturated heterocycles. The van der Waals surface area contributed by atoms with Gasteiger partial charge in [0.25, 0.3) is 0 Å². The minimum Gasteiger partial charge on any atom is -0.394 e. The van der Waals surface area contributed by atoms with E-state index < -0.39 is 24.6 Å². The Labute approximate surface area is 118 Å².